The van der Waals surface area contributed by atoms with Crippen LogP contribution in [0.5, 0.6) is 0 Å². The van der Waals surface area contributed by atoms with E-state index in [0.29, 0.717) is 13.2 Å². The smallest absolute Gasteiger partial charge is 0.304 e. The SMILES string of the molecule is FC1(F)C2OCCOC21. The Morgan fingerprint density at radius 2 is 1.56 bits per heavy atom. The van der Waals surface area contributed by atoms with Crippen LogP contribution >= 0.6 is 0 Å². The summed E-state index contributed by atoms with van der Waals surface area (Å²) in [5, 5.41) is 0. The van der Waals surface area contributed by atoms with Crippen molar-refractivity contribution in [3.8, 4) is 0 Å². The lowest BCUT2D eigenvalue weighted by Crippen LogP contribution is -2.16. The highest BCUT2D eigenvalue weighted by atomic mass is 19.3. The number of rotatable bonds is 0. The molecule has 2 aliphatic rings. The molecule has 2 nitrogen and oxygen atoms in total. The van der Waals surface area contributed by atoms with Gasteiger partial charge in [-0.1, -0.05) is 0 Å². The van der Waals surface area contributed by atoms with Crippen LogP contribution in [0.4, 0.5) is 8.78 Å². The molecule has 0 spiro atoms. The van der Waals surface area contributed by atoms with Crippen molar-refractivity contribution in [2.24, 2.45) is 0 Å². The van der Waals surface area contributed by atoms with Crippen molar-refractivity contribution in [3.63, 3.8) is 0 Å². The Morgan fingerprint density at radius 3 is 1.89 bits per heavy atom. The number of alkyl halides is 2. The summed E-state index contributed by atoms with van der Waals surface area (Å²) in [7, 11) is 0. The Labute approximate surface area is 50.7 Å². The van der Waals surface area contributed by atoms with Gasteiger partial charge in [0.2, 0.25) is 0 Å². The summed E-state index contributed by atoms with van der Waals surface area (Å²) in [6.07, 6.45) is -1.88. The first-order valence-electron chi connectivity index (χ1n) is 2.84. The molecular formula is C5H6F2O2. The minimum Gasteiger partial charge on any atom is -0.366 e. The summed E-state index contributed by atoms with van der Waals surface area (Å²) in [5.41, 5.74) is 0. The molecule has 4 heteroatoms. The van der Waals surface area contributed by atoms with E-state index in [4.69, 9.17) is 9.47 Å². The lowest BCUT2D eigenvalue weighted by atomic mass is 10.6. The molecule has 0 radical (unpaired) electrons. The number of ether oxygens (including phenoxy) is 2. The summed E-state index contributed by atoms with van der Waals surface area (Å²) in [6, 6.07) is 0. The zero-order valence-electron chi connectivity index (χ0n) is 4.64. The highest BCUT2D eigenvalue weighted by Gasteiger charge is 2.72. The van der Waals surface area contributed by atoms with E-state index in [2.05, 4.69) is 0 Å². The second-order valence-electron chi connectivity index (χ2n) is 2.26. The third-order valence-corrected chi connectivity index (χ3v) is 1.60. The van der Waals surface area contributed by atoms with E-state index in [1.165, 1.54) is 0 Å². The molecule has 0 aromatic rings. The van der Waals surface area contributed by atoms with Gasteiger partial charge in [-0.25, -0.2) is 8.78 Å². The predicted octanol–water partition coefficient (Wildman–Crippen LogP) is 0.419. The first-order valence-corrected chi connectivity index (χ1v) is 2.84. The molecule has 52 valence electrons. The normalized spacial score (nSPS) is 46.0. The predicted molar refractivity (Wildman–Crippen MR) is 24.4 cm³/mol. The molecule has 0 bridgehead atoms. The van der Waals surface area contributed by atoms with Gasteiger partial charge in [-0.05, 0) is 0 Å². The number of hydrogen-bond donors (Lipinski definition) is 0. The van der Waals surface area contributed by atoms with Crippen molar-refractivity contribution in [1.82, 2.24) is 0 Å². The standard InChI is InChI=1S/C5H6F2O2/c6-5(7)3-4(5)9-2-1-8-3/h3-4H,1-2H2. The summed E-state index contributed by atoms with van der Waals surface area (Å²) < 4.78 is 33.9. The average molecular weight is 136 g/mol. The second kappa shape index (κ2) is 1.44. The van der Waals surface area contributed by atoms with Crippen LogP contribution in [0.25, 0.3) is 0 Å². The molecule has 0 N–H and O–H groups in total. The van der Waals surface area contributed by atoms with E-state index in [-0.39, 0.29) is 0 Å². The Morgan fingerprint density at radius 1 is 1.11 bits per heavy atom. The monoisotopic (exact) mass is 136 g/mol. The molecular weight excluding hydrogens is 130 g/mol. The maximum Gasteiger partial charge on any atom is 0.304 e. The third kappa shape index (κ3) is 0.602. The fourth-order valence-electron chi connectivity index (χ4n) is 1.02. The van der Waals surface area contributed by atoms with Crippen LogP contribution in [0, 0.1) is 0 Å². The first kappa shape index (κ1) is 5.56. The van der Waals surface area contributed by atoms with E-state index in [1.807, 2.05) is 0 Å². The minimum atomic E-state index is -2.70. The van der Waals surface area contributed by atoms with E-state index in [1.54, 1.807) is 0 Å². The van der Waals surface area contributed by atoms with Gasteiger partial charge in [0, 0.05) is 0 Å². The molecule has 9 heavy (non-hydrogen) atoms. The maximum atomic E-state index is 12.3. The molecule has 2 atom stereocenters. The molecule has 0 amide bonds. The van der Waals surface area contributed by atoms with Gasteiger partial charge in [0.05, 0.1) is 13.2 Å². The molecule has 2 rings (SSSR count). The van der Waals surface area contributed by atoms with E-state index < -0.39 is 18.1 Å². The first-order chi connectivity index (χ1) is 4.23. The summed E-state index contributed by atoms with van der Waals surface area (Å²) in [5.74, 6) is -2.70. The van der Waals surface area contributed by atoms with Crippen LogP contribution < -0.4 is 0 Å². The van der Waals surface area contributed by atoms with Crippen LogP contribution in [0.1, 0.15) is 0 Å². The van der Waals surface area contributed by atoms with Crippen molar-refractivity contribution < 1.29 is 18.3 Å². The van der Waals surface area contributed by atoms with Gasteiger partial charge < -0.3 is 9.47 Å². The van der Waals surface area contributed by atoms with E-state index in [9.17, 15) is 8.78 Å². The van der Waals surface area contributed by atoms with Crippen molar-refractivity contribution in [2.75, 3.05) is 13.2 Å². The van der Waals surface area contributed by atoms with Gasteiger partial charge >= 0.3 is 5.92 Å². The van der Waals surface area contributed by atoms with Crippen LogP contribution in [0.3, 0.4) is 0 Å². The van der Waals surface area contributed by atoms with Gasteiger partial charge in [0.15, 0.2) is 12.2 Å². The molecule has 1 aliphatic heterocycles. The maximum absolute atomic E-state index is 12.3. The Hall–Kier alpha value is -0.220. The highest BCUT2D eigenvalue weighted by molar-refractivity contribution is 5.11. The molecule has 1 saturated carbocycles. The molecule has 0 aromatic carbocycles. The fourth-order valence-corrected chi connectivity index (χ4v) is 1.02. The summed E-state index contributed by atoms with van der Waals surface area (Å²) in [6.45, 7) is 0.605. The second-order valence-corrected chi connectivity index (χ2v) is 2.26. The highest BCUT2D eigenvalue weighted by Crippen LogP contribution is 2.48. The Balaban J connectivity index is 2.06. The topological polar surface area (TPSA) is 18.5 Å². The lowest BCUT2D eigenvalue weighted by Gasteiger charge is -2.06. The van der Waals surface area contributed by atoms with Gasteiger partial charge in [0.25, 0.3) is 0 Å². The van der Waals surface area contributed by atoms with Crippen LogP contribution in [0.2, 0.25) is 0 Å². The van der Waals surface area contributed by atoms with Gasteiger partial charge in [-0.2, -0.15) is 0 Å². The number of hydrogen-bond acceptors (Lipinski definition) is 2. The van der Waals surface area contributed by atoms with Crippen molar-refractivity contribution in [3.05, 3.63) is 0 Å². The summed E-state index contributed by atoms with van der Waals surface area (Å²) >= 11 is 0. The zero-order chi connectivity index (χ0) is 6.48. The molecule has 1 saturated heterocycles. The molecule has 2 fully saturated rings. The van der Waals surface area contributed by atoms with Crippen molar-refractivity contribution >= 4 is 0 Å². The Bertz CT molecular complexity index is 123. The number of fused-ring (bicyclic) bond motifs is 1. The largest absolute Gasteiger partial charge is 0.366 e. The van der Waals surface area contributed by atoms with Crippen LogP contribution in [-0.4, -0.2) is 31.3 Å². The van der Waals surface area contributed by atoms with Gasteiger partial charge in [-0.15, -0.1) is 0 Å². The average Bonchev–Trinajstić information content (AvgIpc) is 2.39. The van der Waals surface area contributed by atoms with Crippen molar-refractivity contribution in [1.29, 1.82) is 0 Å². The lowest BCUT2D eigenvalue weighted by molar-refractivity contribution is -0.0376. The van der Waals surface area contributed by atoms with E-state index >= 15 is 0 Å². The molecule has 1 heterocycles. The van der Waals surface area contributed by atoms with E-state index in [0.717, 1.165) is 0 Å². The quantitative estimate of drug-likeness (QED) is 0.480. The van der Waals surface area contributed by atoms with Crippen LogP contribution in [-0.2, 0) is 9.47 Å². The fraction of sp³-hybridized carbons (Fsp3) is 1.00. The molecule has 0 aromatic heterocycles. The van der Waals surface area contributed by atoms with Gasteiger partial charge in [-0.3, -0.25) is 0 Å². The zero-order valence-corrected chi connectivity index (χ0v) is 4.64. The number of halogens is 2. The molecule has 2 unspecified atom stereocenters. The summed E-state index contributed by atoms with van der Waals surface area (Å²) in [4.78, 5) is 0. The third-order valence-electron chi connectivity index (χ3n) is 1.60. The van der Waals surface area contributed by atoms with Gasteiger partial charge in [0.1, 0.15) is 0 Å². The van der Waals surface area contributed by atoms with Crippen molar-refractivity contribution in [2.45, 2.75) is 18.1 Å². The molecule has 1 aliphatic carbocycles. The Kier molecular flexibility index (Phi) is 0.887. The minimum absolute atomic E-state index is 0.302. The van der Waals surface area contributed by atoms with Crippen LogP contribution in [0.15, 0.2) is 0 Å².